The summed E-state index contributed by atoms with van der Waals surface area (Å²) in [5.74, 6) is -3.84. The fourth-order valence-electron chi connectivity index (χ4n) is 4.66. The van der Waals surface area contributed by atoms with E-state index in [0.717, 1.165) is 12.8 Å². The molecular formula is C20H22F5N7O2. The normalized spacial score (nSPS) is 23.0. The first kappa shape index (κ1) is 22.6. The van der Waals surface area contributed by atoms with Gasteiger partial charge >= 0.3 is 18.1 Å². The molecule has 5 rings (SSSR count). The van der Waals surface area contributed by atoms with Gasteiger partial charge in [0.15, 0.2) is 23.8 Å². The van der Waals surface area contributed by atoms with Crippen LogP contribution in [0.1, 0.15) is 24.4 Å². The summed E-state index contributed by atoms with van der Waals surface area (Å²) in [4.78, 5) is 10.7. The average Bonchev–Trinajstić information content (AvgIpc) is 3.44. The number of aryl methyl sites for hydroxylation is 2. The molecule has 1 N–H and O–H groups in total. The first-order chi connectivity index (χ1) is 16.0. The quantitative estimate of drug-likeness (QED) is 0.527. The van der Waals surface area contributed by atoms with Gasteiger partial charge in [-0.3, -0.25) is 0 Å². The fourth-order valence-corrected chi connectivity index (χ4v) is 4.66. The van der Waals surface area contributed by atoms with Gasteiger partial charge < -0.3 is 19.5 Å². The Morgan fingerprint density at radius 2 is 1.79 bits per heavy atom. The molecular weight excluding hydrogens is 465 g/mol. The van der Waals surface area contributed by atoms with E-state index >= 15 is 0 Å². The summed E-state index contributed by atoms with van der Waals surface area (Å²) in [5.41, 5.74) is 0.682. The van der Waals surface area contributed by atoms with Crippen LogP contribution in [0.15, 0.2) is 16.7 Å². The molecule has 1 saturated carbocycles. The number of anilines is 2. The molecule has 1 saturated heterocycles. The van der Waals surface area contributed by atoms with E-state index in [1.165, 1.54) is 16.6 Å². The second kappa shape index (κ2) is 7.94. The Labute approximate surface area is 190 Å². The monoisotopic (exact) mass is 487 g/mol. The molecule has 3 atom stereocenters. The third-order valence-electron chi connectivity index (χ3n) is 6.38. The number of rotatable bonds is 6. The number of alkyl halides is 5. The summed E-state index contributed by atoms with van der Waals surface area (Å²) in [6.45, 7) is 3.05. The lowest BCUT2D eigenvalue weighted by Gasteiger charge is -2.37. The van der Waals surface area contributed by atoms with Crippen molar-refractivity contribution in [3.05, 3.63) is 23.7 Å². The number of hydrogen-bond donors (Lipinski definition) is 1. The van der Waals surface area contributed by atoms with Crippen LogP contribution >= 0.6 is 0 Å². The number of halogens is 5. The van der Waals surface area contributed by atoms with E-state index in [9.17, 15) is 22.0 Å². The first-order valence-corrected chi connectivity index (χ1v) is 10.8. The first-order valence-electron chi connectivity index (χ1n) is 10.8. The standard InChI is InChI=1S/C20H22F5N7O2/c1-10-3-6-14(33-9-19(21,22)20(23,24)25)16-28-17(29-32(10)16)27-15-12-4-5-13(15)8-31(7-12)18-26-11(2)30-34-18/h3,6,12-13,15H,4-5,7-9H2,1-2H3,(H,27,29)/t12-,13+,15?. The third-order valence-corrected chi connectivity index (χ3v) is 6.38. The van der Waals surface area contributed by atoms with Crippen molar-refractivity contribution in [3.63, 3.8) is 0 Å². The summed E-state index contributed by atoms with van der Waals surface area (Å²) in [6.07, 6.45) is -3.74. The molecule has 2 bridgehead atoms. The molecule has 0 amide bonds. The predicted molar refractivity (Wildman–Crippen MR) is 109 cm³/mol. The van der Waals surface area contributed by atoms with Gasteiger partial charge in [0.1, 0.15) is 0 Å². The lowest BCUT2D eigenvalue weighted by molar-refractivity contribution is -0.289. The lowest BCUT2D eigenvalue weighted by Crippen LogP contribution is -2.48. The highest BCUT2D eigenvalue weighted by Crippen LogP contribution is 2.40. The number of hydrogen-bond acceptors (Lipinski definition) is 8. The Balaban J connectivity index is 1.33. The number of fused-ring (bicyclic) bond motifs is 3. The molecule has 9 nitrogen and oxygen atoms in total. The minimum Gasteiger partial charge on any atom is -0.483 e. The van der Waals surface area contributed by atoms with E-state index in [0.29, 0.717) is 30.6 Å². The fraction of sp³-hybridized carbons (Fsp3) is 0.600. The van der Waals surface area contributed by atoms with Crippen LogP contribution in [-0.4, -0.2) is 62.6 Å². The summed E-state index contributed by atoms with van der Waals surface area (Å²) < 4.78 is 75.7. The number of nitrogens with one attached hydrogen (secondary N) is 1. The topological polar surface area (TPSA) is 93.6 Å². The third kappa shape index (κ3) is 3.98. The number of pyridine rings is 1. The van der Waals surface area contributed by atoms with Gasteiger partial charge in [-0.05, 0) is 50.7 Å². The van der Waals surface area contributed by atoms with Crippen LogP contribution in [0.4, 0.5) is 33.9 Å². The summed E-state index contributed by atoms with van der Waals surface area (Å²) >= 11 is 0. The lowest BCUT2D eigenvalue weighted by atomic mass is 9.92. The Hall–Kier alpha value is -3.19. The highest BCUT2D eigenvalue weighted by molar-refractivity contribution is 5.57. The largest absolute Gasteiger partial charge is 0.483 e. The van der Waals surface area contributed by atoms with Gasteiger partial charge in [0.05, 0.1) is 0 Å². The van der Waals surface area contributed by atoms with Crippen molar-refractivity contribution in [2.75, 3.05) is 29.9 Å². The second-order valence-electron chi connectivity index (χ2n) is 8.80. The van der Waals surface area contributed by atoms with Crippen molar-refractivity contribution in [1.82, 2.24) is 24.7 Å². The van der Waals surface area contributed by atoms with Gasteiger partial charge in [-0.2, -0.15) is 31.9 Å². The molecule has 184 valence electrons. The van der Waals surface area contributed by atoms with Crippen LogP contribution in [0.5, 0.6) is 5.75 Å². The maximum absolute atomic E-state index is 13.3. The molecule has 0 spiro atoms. The van der Waals surface area contributed by atoms with Gasteiger partial charge in [0.25, 0.3) is 0 Å². The number of ether oxygens (including phenoxy) is 1. The molecule has 1 aliphatic heterocycles. The predicted octanol–water partition coefficient (Wildman–Crippen LogP) is 3.63. The Morgan fingerprint density at radius 3 is 2.41 bits per heavy atom. The van der Waals surface area contributed by atoms with E-state index in [1.54, 1.807) is 13.8 Å². The Morgan fingerprint density at radius 1 is 1.09 bits per heavy atom. The SMILES string of the molecule is Cc1noc(N2C[C@H]3CC[C@@H](C2)C3Nc2nc3c(OCC(F)(F)C(F)(F)F)ccc(C)n3n2)n1. The molecule has 14 heteroatoms. The number of nitrogens with zero attached hydrogens (tertiary/aromatic N) is 6. The summed E-state index contributed by atoms with van der Waals surface area (Å²) in [5, 5.41) is 11.6. The molecule has 2 aliphatic rings. The minimum atomic E-state index is -5.71. The van der Waals surface area contributed by atoms with Gasteiger partial charge in [-0.1, -0.05) is 5.16 Å². The smallest absolute Gasteiger partial charge is 0.456 e. The van der Waals surface area contributed by atoms with E-state index in [4.69, 9.17) is 9.26 Å². The second-order valence-corrected chi connectivity index (χ2v) is 8.80. The molecule has 0 aromatic carbocycles. The molecule has 3 aromatic heterocycles. The summed E-state index contributed by atoms with van der Waals surface area (Å²) in [7, 11) is 0. The van der Waals surface area contributed by atoms with Crippen molar-refractivity contribution < 1.29 is 31.2 Å². The van der Waals surface area contributed by atoms with Crippen molar-refractivity contribution in [1.29, 1.82) is 0 Å². The zero-order chi connectivity index (χ0) is 24.3. The number of aromatic nitrogens is 5. The van der Waals surface area contributed by atoms with Crippen LogP contribution in [0, 0.1) is 25.7 Å². The van der Waals surface area contributed by atoms with Gasteiger partial charge in [0, 0.05) is 24.8 Å². The molecule has 4 heterocycles. The van der Waals surface area contributed by atoms with Crippen LogP contribution in [0.2, 0.25) is 0 Å². The van der Waals surface area contributed by atoms with E-state index in [2.05, 4.69) is 30.4 Å². The molecule has 0 radical (unpaired) electrons. The number of piperidine rings is 1. The Kier molecular flexibility index (Phi) is 5.28. The molecule has 1 aliphatic carbocycles. The van der Waals surface area contributed by atoms with Crippen LogP contribution in [-0.2, 0) is 0 Å². The minimum absolute atomic E-state index is 0.0617. The highest BCUT2D eigenvalue weighted by Gasteiger charge is 2.58. The van der Waals surface area contributed by atoms with Crippen molar-refractivity contribution >= 4 is 17.6 Å². The van der Waals surface area contributed by atoms with Crippen molar-refractivity contribution in [2.45, 2.75) is 44.8 Å². The van der Waals surface area contributed by atoms with Gasteiger partial charge in [-0.25, -0.2) is 4.52 Å². The summed E-state index contributed by atoms with van der Waals surface area (Å²) in [6, 6.07) is 3.38. The Bertz CT molecular complexity index is 1180. The van der Waals surface area contributed by atoms with E-state index in [1.807, 2.05) is 0 Å². The van der Waals surface area contributed by atoms with Gasteiger partial charge in [-0.15, -0.1) is 5.10 Å². The maximum atomic E-state index is 13.3. The van der Waals surface area contributed by atoms with E-state index in [-0.39, 0.29) is 35.2 Å². The zero-order valence-electron chi connectivity index (χ0n) is 18.3. The van der Waals surface area contributed by atoms with Crippen molar-refractivity contribution in [3.8, 4) is 5.75 Å². The van der Waals surface area contributed by atoms with Crippen molar-refractivity contribution in [2.24, 2.45) is 11.8 Å². The highest BCUT2D eigenvalue weighted by atomic mass is 19.4. The van der Waals surface area contributed by atoms with Crippen LogP contribution in [0.25, 0.3) is 5.65 Å². The molecule has 34 heavy (non-hydrogen) atoms. The van der Waals surface area contributed by atoms with Crippen LogP contribution < -0.4 is 15.0 Å². The molecule has 3 aromatic rings. The molecule has 2 fully saturated rings. The average molecular weight is 487 g/mol. The van der Waals surface area contributed by atoms with E-state index < -0.39 is 18.7 Å². The zero-order valence-corrected chi connectivity index (χ0v) is 18.3. The van der Waals surface area contributed by atoms with Crippen LogP contribution in [0.3, 0.4) is 0 Å². The molecule has 1 unspecified atom stereocenters. The van der Waals surface area contributed by atoms with Gasteiger partial charge in [0.2, 0.25) is 5.95 Å². The maximum Gasteiger partial charge on any atom is 0.456 e.